The zero-order valence-electron chi connectivity index (χ0n) is 8.48. The zero-order chi connectivity index (χ0) is 9.84. The minimum atomic E-state index is 0.631. The Morgan fingerprint density at radius 1 is 1.08 bits per heavy atom. The van der Waals surface area contributed by atoms with Gasteiger partial charge in [0.1, 0.15) is 5.82 Å². The van der Waals surface area contributed by atoms with E-state index in [1.807, 2.05) is 0 Å². The van der Waals surface area contributed by atoms with Crippen molar-refractivity contribution in [1.29, 1.82) is 0 Å². The maximum Gasteiger partial charge on any atom is 0.124 e. The molecule has 0 saturated heterocycles. The van der Waals surface area contributed by atoms with Gasteiger partial charge in [0.25, 0.3) is 0 Å². The summed E-state index contributed by atoms with van der Waals surface area (Å²) < 4.78 is 0. The summed E-state index contributed by atoms with van der Waals surface area (Å²) in [5.41, 5.74) is 14.8. The highest BCUT2D eigenvalue weighted by Crippen LogP contribution is 2.25. The van der Waals surface area contributed by atoms with Crippen LogP contribution in [0.15, 0.2) is 0 Å². The van der Waals surface area contributed by atoms with Crippen molar-refractivity contribution < 1.29 is 0 Å². The standard InChI is InChI=1S/C10H19N3/c1-3-5-7-8(6-4-2)13-10(12)9(7)11/h13H,3-6,11-12H2,1-2H3. The minimum Gasteiger partial charge on any atom is -0.396 e. The van der Waals surface area contributed by atoms with Gasteiger partial charge in [0.2, 0.25) is 0 Å². The minimum absolute atomic E-state index is 0.631. The van der Waals surface area contributed by atoms with Crippen molar-refractivity contribution in [1.82, 2.24) is 4.98 Å². The predicted octanol–water partition coefficient (Wildman–Crippen LogP) is 2.08. The Morgan fingerprint density at radius 3 is 2.23 bits per heavy atom. The molecule has 74 valence electrons. The first-order valence-electron chi connectivity index (χ1n) is 4.95. The predicted molar refractivity (Wildman–Crippen MR) is 57.6 cm³/mol. The van der Waals surface area contributed by atoms with Crippen LogP contribution in [0, 0.1) is 0 Å². The van der Waals surface area contributed by atoms with Crippen LogP contribution in [0.2, 0.25) is 0 Å². The molecular formula is C10H19N3. The van der Waals surface area contributed by atoms with Gasteiger partial charge in [0.15, 0.2) is 0 Å². The Labute approximate surface area is 79.5 Å². The number of H-pyrrole nitrogens is 1. The number of hydrogen-bond donors (Lipinski definition) is 3. The molecule has 0 unspecified atom stereocenters. The highest BCUT2D eigenvalue weighted by Gasteiger charge is 2.10. The van der Waals surface area contributed by atoms with E-state index >= 15 is 0 Å². The van der Waals surface area contributed by atoms with Gasteiger partial charge in [-0.1, -0.05) is 26.7 Å². The number of anilines is 2. The van der Waals surface area contributed by atoms with Crippen LogP contribution in [0.25, 0.3) is 0 Å². The summed E-state index contributed by atoms with van der Waals surface area (Å²) in [6.45, 7) is 4.31. The monoisotopic (exact) mass is 181 g/mol. The van der Waals surface area contributed by atoms with Gasteiger partial charge >= 0.3 is 0 Å². The molecule has 3 nitrogen and oxygen atoms in total. The lowest BCUT2D eigenvalue weighted by Gasteiger charge is -2.01. The van der Waals surface area contributed by atoms with Gasteiger partial charge in [-0.3, -0.25) is 0 Å². The third-order valence-corrected chi connectivity index (χ3v) is 2.27. The Kier molecular flexibility index (Phi) is 3.23. The second-order valence-electron chi connectivity index (χ2n) is 3.41. The lowest BCUT2D eigenvalue weighted by molar-refractivity contribution is 0.847. The third kappa shape index (κ3) is 1.97. The molecule has 3 heteroatoms. The largest absolute Gasteiger partial charge is 0.396 e. The first-order chi connectivity index (χ1) is 6.20. The molecule has 1 aromatic heterocycles. The van der Waals surface area contributed by atoms with E-state index in [2.05, 4.69) is 18.8 Å². The van der Waals surface area contributed by atoms with Crippen molar-refractivity contribution in [2.75, 3.05) is 11.5 Å². The van der Waals surface area contributed by atoms with Crippen molar-refractivity contribution in [2.24, 2.45) is 0 Å². The van der Waals surface area contributed by atoms with Crippen LogP contribution < -0.4 is 11.5 Å². The number of aromatic nitrogens is 1. The van der Waals surface area contributed by atoms with Crippen molar-refractivity contribution in [3.05, 3.63) is 11.3 Å². The zero-order valence-corrected chi connectivity index (χ0v) is 8.48. The molecule has 0 spiro atoms. The van der Waals surface area contributed by atoms with Crippen LogP contribution in [-0.4, -0.2) is 4.98 Å². The second kappa shape index (κ2) is 4.21. The van der Waals surface area contributed by atoms with E-state index < -0.39 is 0 Å². The lowest BCUT2D eigenvalue weighted by atomic mass is 10.1. The summed E-state index contributed by atoms with van der Waals surface area (Å²) in [4.78, 5) is 3.15. The molecule has 5 N–H and O–H groups in total. The van der Waals surface area contributed by atoms with Crippen LogP contribution >= 0.6 is 0 Å². The van der Waals surface area contributed by atoms with Gasteiger partial charge in [0.05, 0.1) is 5.69 Å². The van der Waals surface area contributed by atoms with E-state index in [0.29, 0.717) is 5.82 Å². The molecule has 0 atom stereocenters. The van der Waals surface area contributed by atoms with Gasteiger partial charge in [0, 0.05) is 5.69 Å². The van der Waals surface area contributed by atoms with Gasteiger partial charge in [-0.2, -0.15) is 0 Å². The second-order valence-corrected chi connectivity index (χ2v) is 3.41. The highest BCUT2D eigenvalue weighted by atomic mass is 14.9. The fraction of sp³-hybridized carbons (Fsp3) is 0.600. The normalized spacial score (nSPS) is 10.6. The molecule has 1 aromatic rings. The number of hydrogen-bond acceptors (Lipinski definition) is 2. The summed E-state index contributed by atoms with van der Waals surface area (Å²) in [5, 5.41) is 0. The average Bonchev–Trinajstić information content (AvgIpc) is 2.34. The molecule has 0 fully saturated rings. The molecule has 0 saturated carbocycles. The Hall–Kier alpha value is -1.12. The van der Waals surface area contributed by atoms with Crippen molar-refractivity contribution >= 4 is 11.5 Å². The molecule has 0 radical (unpaired) electrons. The number of aryl methyl sites for hydroxylation is 1. The summed E-state index contributed by atoms with van der Waals surface area (Å²) in [5.74, 6) is 0.631. The van der Waals surface area contributed by atoms with Crippen LogP contribution in [0.3, 0.4) is 0 Å². The van der Waals surface area contributed by atoms with Crippen LogP contribution in [-0.2, 0) is 12.8 Å². The summed E-state index contributed by atoms with van der Waals surface area (Å²) >= 11 is 0. The quantitative estimate of drug-likeness (QED) is 0.665. The van der Waals surface area contributed by atoms with E-state index in [4.69, 9.17) is 11.5 Å². The van der Waals surface area contributed by atoms with E-state index in [9.17, 15) is 0 Å². The van der Waals surface area contributed by atoms with E-state index in [0.717, 1.165) is 31.4 Å². The topological polar surface area (TPSA) is 67.8 Å². The Morgan fingerprint density at radius 2 is 1.69 bits per heavy atom. The van der Waals surface area contributed by atoms with Crippen LogP contribution in [0.5, 0.6) is 0 Å². The molecule has 1 heterocycles. The first kappa shape index (κ1) is 9.96. The van der Waals surface area contributed by atoms with Crippen molar-refractivity contribution in [2.45, 2.75) is 39.5 Å². The molecule has 0 aliphatic rings. The third-order valence-electron chi connectivity index (χ3n) is 2.27. The molecule has 1 rings (SSSR count). The molecule has 0 aromatic carbocycles. The molecule has 0 aliphatic heterocycles. The smallest absolute Gasteiger partial charge is 0.124 e. The maximum absolute atomic E-state index is 5.86. The lowest BCUT2D eigenvalue weighted by Crippen LogP contribution is -1.95. The number of nitrogens with two attached hydrogens (primary N) is 2. The van der Waals surface area contributed by atoms with E-state index in [1.165, 1.54) is 11.3 Å². The molecule has 0 bridgehead atoms. The van der Waals surface area contributed by atoms with Crippen molar-refractivity contribution in [3.8, 4) is 0 Å². The van der Waals surface area contributed by atoms with E-state index in [1.54, 1.807) is 0 Å². The van der Waals surface area contributed by atoms with Crippen LogP contribution in [0.4, 0.5) is 11.5 Å². The summed E-state index contributed by atoms with van der Waals surface area (Å²) in [6, 6.07) is 0. The Balaban J connectivity index is 2.96. The maximum atomic E-state index is 5.86. The molecular weight excluding hydrogens is 162 g/mol. The van der Waals surface area contributed by atoms with Crippen molar-refractivity contribution in [3.63, 3.8) is 0 Å². The highest BCUT2D eigenvalue weighted by molar-refractivity contribution is 5.66. The van der Waals surface area contributed by atoms with Gasteiger partial charge in [-0.25, -0.2) is 0 Å². The van der Waals surface area contributed by atoms with Crippen LogP contribution in [0.1, 0.15) is 37.9 Å². The summed E-state index contributed by atoms with van der Waals surface area (Å²) in [6.07, 6.45) is 4.29. The fourth-order valence-corrected chi connectivity index (χ4v) is 1.63. The first-order valence-corrected chi connectivity index (χ1v) is 4.95. The van der Waals surface area contributed by atoms with Gasteiger partial charge in [-0.05, 0) is 18.4 Å². The number of nitrogen functional groups attached to an aromatic ring is 2. The molecule has 0 aliphatic carbocycles. The average molecular weight is 181 g/mol. The Bertz CT molecular complexity index is 276. The van der Waals surface area contributed by atoms with Gasteiger partial charge in [-0.15, -0.1) is 0 Å². The summed E-state index contributed by atoms with van der Waals surface area (Å²) in [7, 11) is 0. The number of rotatable bonds is 4. The van der Waals surface area contributed by atoms with Gasteiger partial charge < -0.3 is 16.5 Å². The number of aromatic amines is 1. The number of nitrogens with one attached hydrogen (secondary N) is 1. The van der Waals surface area contributed by atoms with E-state index in [-0.39, 0.29) is 0 Å². The SMILES string of the molecule is CCCc1[nH]c(N)c(N)c1CCC. The molecule has 0 amide bonds. The fourth-order valence-electron chi connectivity index (χ4n) is 1.63. The molecule has 13 heavy (non-hydrogen) atoms.